The number of nitrogens with zero attached hydrogens (tertiary/aromatic N) is 5. The van der Waals surface area contributed by atoms with Gasteiger partial charge < -0.3 is 19.4 Å². The van der Waals surface area contributed by atoms with Crippen LogP contribution in [0, 0.1) is 23.1 Å². The van der Waals surface area contributed by atoms with E-state index in [1.54, 1.807) is 36.3 Å². The lowest BCUT2D eigenvalue weighted by atomic mass is 9.93. The first kappa shape index (κ1) is 30.3. The van der Waals surface area contributed by atoms with Crippen LogP contribution in [0.15, 0.2) is 66.9 Å². The summed E-state index contributed by atoms with van der Waals surface area (Å²) in [5.41, 5.74) is 2.24. The van der Waals surface area contributed by atoms with Gasteiger partial charge in [0.15, 0.2) is 0 Å². The van der Waals surface area contributed by atoms with Gasteiger partial charge in [0.1, 0.15) is 23.8 Å². The third-order valence-corrected chi connectivity index (χ3v) is 8.84. The van der Waals surface area contributed by atoms with Crippen LogP contribution in [-0.4, -0.2) is 66.1 Å². The SMILES string of the molecule is CCC(OC(=O)N(C)[C@@H]1CN(C(=O)C2CCN(c3ccc(C#N)cn3)CC2)C[C@H]1c1ccc(Cl)cc1)c1ccc(F)cc1. The third kappa shape index (κ3) is 6.91. The van der Waals surface area contributed by atoms with Crippen molar-refractivity contribution in [3.05, 3.63) is 94.4 Å². The molecule has 2 aliphatic rings. The first-order chi connectivity index (χ1) is 20.8. The van der Waals surface area contributed by atoms with Crippen LogP contribution < -0.4 is 4.90 Å². The highest BCUT2D eigenvalue weighted by Gasteiger charge is 2.42. The van der Waals surface area contributed by atoms with Gasteiger partial charge in [0.05, 0.1) is 11.6 Å². The molecule has 0 saturated carbocycles. The topological polar surface area (TPSA) is 89.8 Å². The second kappa shape index (κ2) is 13.4. The molecule has 2 amide bonds. The summed E-state index contributed by atoms with van der Waals surface area (Å²) in [6, 6.07) is 18.9. The minimum atomic E-state index is -0.514. The molecule has 2 saturated heterocycles. The number of pyridine rings is 1. The maximum atomic E-state index is 13.8. The van der Waals surface area contributed by atoms with Crippen LogP contribution in [0.3, 0.4) is 0 Å². The molecule has 1 aromatic heterocycles. The van der Waals surface area contributed by atoms with Crippen LogP contribution in [0.2, 0.25) is 5.02 Å². The average molecular weight is 604 g/mol. The van der Waals surface area contributed by atoms with Crippen molar-refractivity contribution in [1.29, 1.82) is 5.26 Å². The summed E-state index contributed by atoms with van der Waals surface area (Å²) in [6.45, 7) is 4.18. The molecule has 43 heavy (non-hydrogen) atoms. The number of carbonyl (C=O) groups is 2. The fraction of sp³-hybridized carbons (Fsp3) is 0.394. The highest BCUT2D eigenvalue weighted by atomic mass is 35.5. The second-order valence-corrected chi connectivity index (χ2v) is 11.6. The number of amides is 2. The summed E-state index contributed by atoms with van der Waals surface area (Å²) in [5, 5.41) is 9.66. The highest BCUT2D eigenvalue weighted by molar-refractivity contribution is 6.30. The van der Waals surface area contributed by atoms with E-state index < -0.39 is 12.2 Å². The van der Waals surface area contributed by atoms with Crippen molar-refractivity contribution in [2.45, 2.75) is 44.2 Å². The smallest absolute Gasteiger partial charge is 0.410 e. The van der Waals surface area contributed by atoms with Gasteiger partial charge in [-0.3, -0.25) is 4.79 Å². The van der Waals surface area contributed by atoms with Crippen LogP contribution >= 0.6 is 11.6 Å². The molecule has 0 radical (unpaired) electrons. The summed E-state index contributed by atoms with van der Waals surface area (Å²) in [4.78, 5) is 37.3. The van der Waals surface area contributed by atoms with Crippen LogP contribution in [0.5, 0.6) is 0 Å². The van der Waals surface area contributed by atoms with Crippen molar-refractivity contribution in [2.24, 2.45) is 5.92 Å². The number of hydrogen-bond donors (Lipinski definition) is 0. The number of piperidine rings is 1. The summed E-state index contributed by atoms with van der Waals surface area (Å²) in [7, 11) is 1.71. The zero-order valence-electron chi connectivity index (χ0n) is 24.3. The molecular weight excluding hydrogens is 569 g/mol. The van der Waals surface area contributed by atoms with Gasteiger partial charge in [0, 0.05) is 56.3 Å². The maximum Gasteiger partial charge on any atom is 0.410 e. The van der Waals surface area contributed by atoms with Crippen LogP contribution in [0.1, 0.15) is 54.9 Å². The molecule has 0 N–H and O–H groups in total. The predicted molar refractivity (Wildman–Crippen MR) is 162 cm³/mol. The van der Waals surface area contributed by atoms with Gasteiger partial charge in [-0.1, -0.05) is 42.8 Å². The summed E-state index contributed by atoms with van der Waals surface area (Å²) in [5.74, 6) is 0.306. The number of aromatic nitrogens is 1. The van der Waals surface area contributed by atoms with E-state index in [9.17, 15) is 14.0 Å². The molecule has 3 heterocycles. The Morgan fingerprint density at radius 2 is 1.79 bits per heavy atom. The first-order valence-electron chi connectivity index (χ1n) is 14.6. The van der Waals surface area contributed by atoms with E-state index in [1.165, 1.54) is 12.1 Å². The molecule has 0 aliphatic carbocycles. The van der Waals surface area contributed by atoms with Crippen LogP contribution in [0.4, 0.5) is 15.0 Å². The second-order valence-electron chi connectivity index (χ2n) is 11.2. The largest absolute Gasteiger partial charge is 0.441 e. The Morgan fingerprint density at radius 1 is 1.09 bits per heavy atom. The van der Waals surface area contributed by atoms with Crippen LogP contribution in [-0.2, 0) is 9.53 Å². The van der Waals surface area contributed by atoms with Crippen molar-refractivity contribution < 1.29 is 18.7 Å². The Balaban J connectivity index is 1.28. The Labute approximate surface area is 256 Å². The fourth-order valence-corrected chi connectivity index (χ4v) is 6.18. The summed E-state index contributed by atoms with van der Waals surface area (Å²) >= 11 is 6.17. The van der Waals surface area contributed by atoms with Gasteiger partial charge in [0.2, 0.25) is 5.91 Å². The number of benzene rings is 2. The summed E-state index contributed by atoms with van der Waals surface area (Å²) < 4.78 is 19.4. The van der Waals surface area contributed by atoms with E-state index in [0.717, 1.165) is 16.9 Å². The van der Waals surface area contributed by atoms with E-state index in [1.807, 2.05) is 42.2 Å². The molecule has 0 spiro atoms. The predicted octanol–water partition coefficient (Wildman–Crippen LogP) is 6.18. The van der Waals surface area contributed by atoms with Gasteiger partial charge >= 0.3 is 6.09 Å². The van der Waals surface area contributed by atoms with Gasteiger partial charge in [-0.2, -0.15) is 5.26 Å². The van der Waals surface area contributed by atoms with Crippen molar-refractivity contribution >= 4 is 29.4 Å². The number of rotatable bonds is 7. The van der Waals surface area contributed by atoms with Crippen molar-refractivity contribution in [2.75, 3.05) is 38.1 Å². The summed E-state index contributed by atoms with van der Waals surface area (Å²) in [6.07, 6.45) is 2.49. The van der Waals surface area contributed by atoms with E-state index >= 15 is 0 Å². The molecule has 3 atom stereocenters. The molecule has 5 rings (SSSR count). The number of carbonyl (C=O) groups excluding carboxylic acids is 2. The Morgan fingerprint density at radius 3 is 2.40 bits per heavy atom. The van der Waals surface area contributed by atoms with E-state index in [0.29, 0.717) is 56.0 Å². The molecule has 2 aromatic carbocycles. The van der Waals surface area contributed by atoms with Gasteiger partial charge in [-0.05, 0) is 66.8 Å². The Bertz CT molecular complexity index is 1450. The normalized spacial score (nSPS) is 19.5. The molecule has 2 fully saturated rings. The number of nitriles is 1. The lowest BCUT2D eigenvalue weighted by Crippen LogP contribution is -2.44. The molecule has 3 aromatic rings. The minimum absolute atomic E-state index is 0.0911. The van der Waals surface area contributed by atoms with Crippen molar-refractivity contribution in [3.8, 4) is 6.07 Å². The number of halogens is 2. The molecule has 8 nitrogen and oxygen atoms in total. The van der Waals surface area contributed by atoms with E-state index in [-0.39, 0.29) is 29.6 Å². The molecule has 2 aliphatic heterocycles. The van der Waals surface area contributed by atoms with Gasteiger partial charge in [-0.25, -0.2) is 14.2 Å². The number of likely N-dealkylation sites (tertiary alicyclic amines) is 1. The molecular formula is C33H35ClFN5O3. The van der Waals surface area contributed by atoms with Gasteiger partial charge in [-0.15, -0.1) is 0 Å². The number of anilines is 1. The zero-order valence-corrected chi connectivity index (χ0v) is 25.1. The highest BCUT2D eigenvalue weighted by Crippen LogP contribution is 2.35. The quantitative estimate of drug-likeness (QED) is 0.321. The number of hydrogen-bond acceptors (Lipinski definition) is 6. The Hall–Kier alpha value is -4.16. The lowest BCUT2D eigenvalue weighted by Gasteiger charge is -2.34. The monoisotopic (exact) mass is 603 g/mol. The third-order valence-electron chi connectivity index (χ3n) is 8.59. The van der Waals surface area contributed by atoms with E-state index in [2.05, 4.69) is 16.0 Å². The van der Waals surface area contributed by atoms with Crippen LogP contribution in [0.25, 0.3) is 0 Å². The van der Waals surface area contributed by atoms with E-state index in [4.69, 9.17) is 21.6 Å². The Kier molecular flexibility index (Phi) is 9.46. The lowest BCUT2D eigenvalue weighted by molar-refractivity contribution is -0.135. The fourth-order valence-electron chi connectivity index (χ4n) is 6.05. The number of likely N-dealkylation sites (N-methyl/N-ethyl adjacent to an activating group) is 1. The maximum absolute atomic E-state index is 13.8. The average Bonchev–Trinajstić information content (AvgIpc) is 3.49. The van der Waals surface area contributed by atoms with Crippen molar-refractivity contribution in [1.82, 2.24) is 14.8 Å². The van der Waals surface area contributed by atoms with Crippen molar-refractivity contribution in [3.63, 3.8) is 0 Å². The first-order valence-corrected chi connectivity index (χ1v) is 15.0. The standard InChI is InChI=1S/C33H35ClFN5O3/c1-3-30(24-7-11-27(35)12-8-24)43-33(42)38(2)29-21-40(20-28(29)23-5-9-26(34)10-6-23)32(41)25-14-16-39(17-15-25)31-13-4-22(18-36)19-37-31/h4-13,19,25,28-30H,3,14-17,20-21H2,1-2H3/t28-,29+,30?/m0/s1. The van der Waals surface area contributed by atoms with Gasteiger partial charge in [0.25, 0.3) is 0 Å². The minimum Gasteiger partial charge on any atom is -0.441 e. The zero-order chi connectivity index (χ0) is 30.5. The molecule has 224 valence electrons. The molecule has 10 heteroatoms. The molecule has 1 unspecified atom stereocenters. The molecule has 0 bridgehead atoms. The number of ether oxygens (including phenoxy) is 1.